The molecule has 0 aromatic heterocycles. The Balaban J connectivity index is 1.75. The van der Waals surface area contributed by atoms with Crippen LogP contribution in [0.5, 0.6) is 0 Å². The van der Waals surface area contributed by atoms with E-state index in [9.17, 15) is 4.79 Å². The molecule has 1 saturated heterocycles. The molecule has 1 heterocycles. The third-order valence-corrected chi connectivity index (χ3v) is 3.59. The molecule has 2 rings (SSSR count). The lowest BCUT2D eigenvalue weighted by Gasteiger charge is -2.28. The smallest absolute Gasteiger partial charge is 0.248 e. The second kappa shape index (κ2) is 8.60. The van der Waals surface area contributed by atoms with Gasteiger partial charge in [-0.1, -0.05) is 42.0 Å². The lowest BCUT2D eigenvalue weighted by Crippen LogP contribution is -2.38. The third kappa shape index (κ3) is 5.33. The minimum absolute atomic E-state index is 0.0739. The zero-order valence-corrected chi connectivity index (χ0v) is 12.6. The number of piperidine rings is 1. The van der Waals surface area contributed by atoms with Crippen LogP contribution in [0.4, 0.5) is 0 Å². The van der Waals surface area contributed by atoms with Gasteiger partial charge in [0, 0.05) is 20.2 Å². The summed E-state index contributed by atoms with van der Waals surface area (Å²) in [5.74, 6) is 0.0739. The van der Waals surface area contributed by atoms with Crippen LogP contribution in [0.15, 0.2) is 35.9 Å². The summed E-state index contributed by atoms with van der Waals surface area (Å²) >= 11 is 0. The van der Waals surface area contributed by atoms with Crippen LogP contribution >= 0.6 is 0 Å². The van der Waals surface area contributed by atoms with Gasteiger partial charge in [-0.05, 0) is 18.4 Å². The molecule has 0 saturated carbocycles. The molecule has 1 amide bonds. The van der Waals surface area contributed by atoms with Crippen molar-refractivity contribution in [3.63, 3.8) is 0 Å². The number of rotatable bonds is 6. The maximum absolute atomic E-state index is 12.0. The quantitative estimate of drug-likeness (QED) is 0.755. The highest BCUT2D eigenvalue weighted by atomic mass is 16.5. The Labute approximate surface area is 126 Å². The van der Waals surface area contributed by atoms with Crippen molar-refractivity contribution < 1.29 is 14.3 Å². The van der Waals surface area contributed by atoms with Crippen molar-refractivity contribution in [2.75, 3.05) is 40.0 Å². The predicted octanol–water partition coefficient (Wildman–Crippen LogP) is 2.36. The summed E-state index contributed by atoms with van der Waals surface area (Å²) in [5.41, 5.74) is 2.64. The molecular weight excluding hydrogens is 266 g/mol. The van der Waals surface area contributed by atoms with E-state index in [-0.39, 0.29) is 12.5 Å². The third-order valence-electron chi connectivity index (χ3n) is 3.59. The molecular formula is C17H23NO3. The fourth-order valence-corrected chi connectivity index (χ4v) is 2.37. The van der Waals surface area contributed by atoms with E-state index in [4.69, 9.17) is 9.47 Å². The Bertz CT molecular complexity index is 460. The van der Waals surface area contributed by atoms with Gasteiger partial charge in [0.2, 0.25) is 5.91 Å². The van der Waals surface area contributed by atoms with Gasteiger partial charge in [-0.25, -0.2) is 0 Å². The first-order chi connectivity index (χ1) is 10.3. The van der Waals surface area contributed by atoms with E-state index in [2.05, 4.69) is 18.2 Å². The maximum Gasteiger partial charge on any atom is 0.248 e. The molecule has 1 fully saturated rings. The number of amides is 1. The van der Waals surface area contributed by atoms with Gasteiger partial charge in [-0.3, -0.25) is 4.79 Å². The minimum atomic E-state index is 0.0739. The van der Waals surface area contributed by atoms with Crippen molar-refractivity contribution in [3.05, 3.63) is 41.5 Å². The van der Waals surface area contributed by atoms with E-state index in [0.717, 1.165) is 25.9 Å². The Kier molecular flexibility index (Phi) is 6.44. The second-order valence-corrected chi connectivity index (χ2v) is 5.14. The zero-order valence-electron chi connectivity index (χ0n) is 12.6. The second-order valence-electron chi connectivity index (χ2n) is 5.14. The van der Waals surface area contributed by atoms with Crippen molar-refractivity contribution in [2.24, 2.45) is 0 Å². The fourth-order valence-electron chi connectivity index (χ4n) is 2.37. The minimum Gasteiger partial charge on any atom is -0.382 e. The molecule has 0 spiro atoms. The standard InChI is InChI=1S/C17H23NO3/c1-20-11-12-21-14-17(19)18-9-7-16(8-10-18)13-15-5-3-2-4-6-15/h2-6,13H,7-12,14H2,1H3. The van der Waals surface area contributed by atoms with Crippen molar-refractivity contribution in [2.45, 2.75) is 12.8 Å². The molecule has 1 aliphatic heterocycles. The van der Waals surface area contributed by atoms with Crippen molar-refractivity contribution >= 4 is 12.0 Å². The number of carbonyl (C=O) groups excluding carboxylic acids is 1. The van der Waals surface area contributed by atoms with Gasteiger partial charge in [0.05, 0.1) is 13.2 Å². The van der Waals surface area contributed by atoms with Gasteiger partial charge in [-0.15, -0.1) is 0 Å². The van der Waals surface area contributed by atoms with Crippen molar-refractivity contribution in [1.82, 2.24) is 4.90 Å². The highest BCUT2D eigenvalue weighted by molar-refractivity contribution is 5.77. The van der Waals surface area contributed by atoms with E-state index < -0.39 is 0 Å². The Morgan fingerprint density at radius 3 is 2.57 bits per heavy atom. The van der Waals surface area contributed by atoms with Crippen molar-refractivity contribution in [1.29, 1.82) is 0 Å². The number of nitrogens with zero attached hydrogens (tertiary/aromatic N) is 1. The van der Waals surface area contributed by atoms with Crippen LogP contribution in [-0.4, -0.2) is 50.8 Å². The molecule has 0 N–H and O–H groups in total. The largest absolute Gasteiger partial charge is 0.382 e. The number of hydrogen-bond donors (Lipinski definition) is 0. The molecule has 0 radical (unpaired) electrons. The molecule has 0 atom stereocenters. The molecule has 114 valence electrons. The number of hydrogen-bond acceptors (Lipinski definition) is 3. The maximum atomic E-state index is 12.0. The number of ether oxygens (including phenoxy) is 2. The fraction of sp³-hybridized carbons (Fsp3) is 0.471. The molecule has 0 bridgehead atoms. The van der Waals surface area contributed by atoms with Gasteiger partial charge >= 0.3 is 0 Å². The van der Waals surface area contributed by atoms with Gasteiger partial charge in [0.1, 0.15) is 6.61 Å². The molecule has 1 aromatic rings. The Morgan fingerprint density at radius 2 is 1.90 bits per heavy atom. The van der Waals surface area contributed by atoms with E-state index in [1.807, 2.05) is 23.1 Å². The number of methoxy groups -OCH3 is 1. The van der Waals surface area contributed by atoms with Crippen LogP contribution in [0.2, 0.25) is 0 Å². The number of carbonyl (C=O) groups is 1. The van der Waals surface area contributed by atoms with Gasteiger partial charge in [-0.2, -0.15) is 0 Å². The van der Waals surface area contributed by atoms with E-state index in [1.165, 1.54) is 11.1 Å². The molecule has 1 aromatic carbocycles. The van der Waals surface area contributed by atoms with Crippen LogP contribution in [-0.2, 0) is 14.3 Å². The zero-order chi connectivity index (χ0) is 14.9. The number of benzene rings is 1. The van der Waals surface area contributed by atoms with E-state index >= 15 is 0 Å². The first kappa shape index (κ1) is 15.7. The lowest BCUT2D eigenvalue weighted by molar-refractivity contribution is -0.137. The summed E-state index contributed by atoms with van der Waals surface area (Å²) in [6.45, 7) is 2.71. The topological polar surface area (TPSA) is 38.8 Å². The average molecular weight is 289 g/mol. The molecule has 0 unspecified atom stereocenters. The normalized spacial score (nSPS) is 15.1. The highest BCUT2D eigenvalue weighted by Gasteiger charge is 2.18. The summed E-state index contributed by atoms with van der Waals surface area (Å²) in [6, 6.07) is 10.3. The van der Waals surface area contributed by atoms with Crippen LogP contribution in [0.3, 0.4) is 0 Å². The SMILES string of the molecule is COCCOCC(=O)N1CCC(=Cc2ccccc2)CC1. The van der Waals surface area contributed by atoms with E-state index in [1.54, 1.807) is 7.11 Å². The Morgan fingerprint density at radius 1 is 1.19 bits per heavy atom. The lowest BCUT2D eigenvalue weighted by atomic mass is 10.0. The van der Waals surface area contributed by atoms with E-state index in [0.29, 0.717) is 13.2 Å². The summed E-state index contributed by atoms with van der Waals surface area (Å²) in [4.78, 5) is 13.9. The predicted molar refractivity (Wildman–Crippen MR) is 82.9 cm³/mol. The first-order valence-electron chi connectivity index (χ1n) is 7.38. The van der Waals surface area contributed by atoms with Crippen LogP contribution in [0, 0.1) is 0 Å². The molecule has 4 nitrogen and oxygen atoms in total. The molecule has 1 aliphatic rings. The van der Waals surface area contributed by atoms with Crippen LogP contribution in [0.25, 0.3) is 6.08 Å². The molecule has 0 aliphatic carbocycles. The summed E-state index contributed by atoms with van der Waals surface area (Å²) in [7, 11) is 1.62. The number of likely N-dealkylation sites (tertiary alicyclic amines) is 1. The summed E-state index contributed by atoms with van der Waals surface area (Å²) in [5, 5.41) is 0. The monoisotopic (exact) mass is 289 g/mol. The molecule has 4 heteroatoms. The Hall–Kier alpha value is -1.65. The van der Waals surface area contributed by atoms with Crippen molar-refractivity contribution in [3.8, 4) is 0 Å². The van der Waals surface area contributed by atoms with Gasteiger partial charge in [0.25, 0.3) is 0 Å². The first-order valence-corrected chi connectivity index (χ1v) is 7.38. The van der Waals surface area contributed by atoms with Crippen LogP contribution < -0.4 is 0 Å². The summed E-state index contributed by atoms with van der Waals surface area (Å²) in [6.07, 6.45) is 4.12. The average Bonchev–Trinajstić information content (AvgIpc) is 2.53. The highest BCUT2D eigenvalue weighted by Crippen LogP contribution is 2.19. The van der Waals surface area contributed by atoms with Crippen LogP contribution in [0.1, 0.15) is 18.4 Å². The van der Waals surface area contributed by atoms with Gasteiger partial charge < -0.3 is 14.4 Å². The molecule has 21 heavy (non-hydrogen) atoms. The van der Waals surface area contributed by atoms with Gasteiger partial charge in [0.15, 0.2) is 0 Å². The summed E-state index contributed by atoms with van der Waals surface area (Å²) < 4.78 is 10.2.